The molecular weight excluding hydrogens is 184 g/mol. The predicted molar refractivity (Wildman–Crippen MR) is 53.1 cm³/mol. The number of aliphatic carboxylic acids is 1. The van der Waals surface area contributed by atoms with Crippen molar-refractivity contribution in [2.75, 3.05) is 20.6 Å². The van der Waals surface area contributed by atoms with Gasteiger partial charge in [0, 0.05) is 20.6 Å². The maximum atomic E-state index is 11.5. The summed E-state index contributed by atoms with van der Waals surface area (Å²) < 4.78 is 0. The quantitative estimate of drug-likeness (QED) is 0.677. The van der Waals surface area contributed by atoms with Gasteiger partial charge in [-0.05, 0) is 6.92 Å². The molecule has 1 N–H and O–H groups in total. The number of hydrogen-bond acceptors (Lipinski definition) is 2. The summed E-state index contributed by atoms with van der Waals surface area (Å²) in [6.45, 7) is 5.35. The lowest BCUT2D eigenvalue weighted by Crippen LogP contribution is -2.46. The molecule has 5 nitrogen and oxygen atoms in total. The number of hydrogen-bond donors (Lipinski definition) is 1. The van der Waals surface area contributed by atoms with Crippen molar-refractivity contribution in [3.63, 3.8) is 0 Å². The first-order valence-electron chi connectivity index (χ1n) is 4.23. The van der Waals surface area contributed by atoms with Crippen LogP contribution >= 0.6 is 0 Å². The van der Waals surface area contributed by atoms with Gasteiger partial charge in [-0.2, -0.15) is 0 Å². The van der Waals surface area contributed by atoms with Crippen molar-refractivity contribution in [3.05, 3.63) is 12.7 Å². The number of likely N-dealkylation sites (N-methyl/N-ethyl adjacent to an activating group) is 2. The molecule has 0 rings (SSSR count). The minimum absolute atomic E-state index is 0.334. The molecule has 0 radical (unpaired) electrons. The summed E-state index contributed by atoms with van der Waals surface area (Å²) in [5.74, 6) is -1.02. The van der Waals surface area contributed by atoms with Gasteiger partial charge in [-0.3, -0.25) is 0 Å². The van der Waals surface area contributed by atoms with Gasteiger partial charge in [-0.25, -0.2) is 9.59 Å². The summed E-state index contributed by atoms with van der Waals surface area (Å²) in [6, 6.07) is -1.16. The van der Waals surface area contributed by atoms with Gasteiger partial charge in [0.25, 0.3) is 0 Å². The van der Waals surface area contributed by atoms with Crippen molar-refractivity contribution >= 4 is 12.0 Å². The van der Waals surface area contributed by atoms with Gasteiger partial charge < -0.3 is 14.9 Å². The second kappa shape index (κ2) is 5.26. The summed E-state index contributed by atoms with van der Waals surface area (Å²) in [5, 5.41) is 8.68. The molecule has 0 bridgehead atoms. The number of nitrogens with zero attached hydrogens (tertiary/aromatic N) is 2. The molecule has 0 heterocycles. The fraction of sp³-hybridized carbons (Fsp3) is 0.556. The van der Waals surface area contributed by atoms with Gasteiger partial charge in [0.2, 0.25) is 0 Å². The van der Waals surface area contributed by atoms with Crippen LogP contribution < -0.4 is 0 Å². The second-order valence-corrected chi connectivity index (χ2v) is 3.08. The van der Waals surface area contributed by atoms with Gasteiger partial charge in [-0.15, -0.1) is 6.58 Å². The van der Waals surface area contributed by atoms with E-state index in [2.05, 4.69) is 6.58 Å². The molecule has 0 fully saturated rings. The predicted octanol–water partition coefficient (Wildman–Crippen LogP) is 0.629. The third-order valence-corrected chi connectivity index (χ3v) is 1.97. The Morgan fingerprint density at radius 3 is 2.36 bits per heavy atom. The number of carbonyl (C=O) groups excluding carboxylic acids is 1. The second-order valence-electron chi connectivity index (χ2n) is 3.08. The van der Waals surface area contributed by atoms with E-state index in [9.17, 15) is 9.59 Å². The van der Waals surface area contributed by atoms with Crippen molar-refractivity contribution in [2.45, 2.75) is 13.0 Å². The van der Waals surface area contributed by atoms with Crippen LogP contribution in [0.2, 0.25) is 0 Å². The Hall–Kier alpha value is -1.52. The highest BCUT2D eigenvalue weighted by Crippen LogP contribution is 2.00. The molecule has 0 aromatic carbocycles. The Morgan fingerprint density at radius 2 is 2.00 bits per heavy atom. The SMILES string of the molecule is C=CCN(C)C(=O)N(C)C(C)C(=O)O. The summed E-state index contributed by atoms with van der Waals surface area (Å²) in [5.41, 5.74) is 0. The zero-order valence-electron chi connectivity index (χ0n) is 8.73. The van der Waals surface area contributed by atoms with Crippen molar-refractivity contribution in [1.29, 1.82) is 0 Å². The molecular formula is C9H16N2O3. The lowest BCUT2D eigenvalue weighted by Gasteiger charge is -2.26. The first-order chi connectivity index (χ1) is 6.41. The summed E-state index contributed by atoms with van der Waals surface area (Å²) in [4.78, 5) is 24.7. The molecule has 1 atom stereocenters. The summed E-state index contributed by atoms with van der Waals surface area (Å²) in [6.07, 6.45) is 1.58. The molecule has 0 aliphatic rings. The van der Waals surface area contributed by atoms with Gasteiger partial charge in [0.15, 0.2) is 0 Å². The summed E-state index contributed by atoms with van der Waals surface area (Å²) >= 11 is 0. The fourth-order valence-corrected chi connectivity index (χ4v) is 0.872. The minimum Gasteiger partial charge on any atom is -0.480 e. The van der Waals surface area contributed by atoms with Gasteiger partial charge in [0.1, 0.15) is 6.04 Å². The molecule has 2 amide bonds. The Morgan fingerprint density at radius 1 is 1.50 bits per heavy atom. The Labute approximate surface area is 83.6 Å². The molecule has 0 aliphatic carbocycles. The van der Waals surface area contributed by atoms with E-state index in [1.165, 1.54) is 23.8 Å². The number of urea groups is 1. The smallest absolute Gasteiger partial charge is 0.326 e. The molecule has 14 heavy (non-hydrogen) atoms. The maximum Gasteiger partial charge on any atom is 0.326 e. The first-order valence-corrected chi connectivity index (χ1v) is 4.23. The van der Waals surface area contributed by atoms with E-state index >= 15 is 0 Å². The molecule has 0 spiro atoms. The van der Waals surface area contributed by atoms with Crippen LogP contribution in [0.4, 0.5) is 4.79 Å². The van der Waals surface area contributed by atoms with Crippen LogP contribution in [-0.2, 0) is 4.79 Å². The normalized spacial score (nSPS) is 11.6. The summed E-state index contributed by atoms with van der Waals surface area (Å²) in [7, 11) is 3.05. The van der Waals surface area contributed by atoms with Crippen molar-refractivity contribution in [3.8, 4) is 0 Å². The molecule has 0 saturated heterocycles. The van der Waals surface area contributed by atoms with Crippen LogP contribution in [0.1, 0.15) is 6.92 Å². The average Bonchev–Trinajstić information content (AvgIpc) is 2.14. The lowest BCUT2D eigenvalue weighted by molar-refractivity contribution is -0.141. The molecule has 5 heteroatoms. The van der Waals surface area contributed by atoms with Crippen LogP contribution in [0.15, 0.2) is 12.7 Å². The van der Waals surface area contributed by atoms with Crippen LogP contribution in [0, 0.1) is 0 Å². The number of amides is 2. The molecule has 1 unspecified atom stereocenters. The Balaban J connectivity index is 4.37. The van der Waals surface area contributed by atoms with Crippen molar-refractivity contribution in [1.82, 2.24) is 9.80 Å². The zero-order chi connectivity index (χ0) is 11.3. The standard InChI is InChI=1S/C9H16N2O3/c1-5-6-10(3)9(14)11(4)7(2)8(12)13/h5,7H,1,6H2,2-4H3,(H,12,13). The highest BCUT2D eigenvalue weighted by Gasteiger charge is 2.23. The molecule has 0 aromatic heterocycles. The van der Waals surface area contributed by atoms with E-state index in [1.54, 1.807) is 13.1 Å². The fourth-order valence-electron chi connectivity index (χ4n) is 0.872. The largest absolute Gasteiger partial charge is 0.480 e. The zero-order valence-corrected chi connectivity index (χ0v) is 8.73. The van der Waals surface area contributed by atoms with E-state index in [0.717, 1.165) is 0 Å². The molecule has 0 saturated carbocycles. The molecule has 0 aromatic rings. The van der Waals surface area contributed by atoms with Crippen LogP contribution in [-0.4, -0.2) is 53.6 Å². The first kappa shape index (κ1) is 12.5. The van der Waals surface area contributed by atoms with Gasteiger partial charge in [-0.1, -0.05) is 6.08 Å². The van der Waals surface area contributed by atoms with Crippen LogP contribution in [0.25, 0.3) is 0 Å². The topological polar surface area (TPSA) is 60.9 Å². The van der Waals surface area contributed by atoms with E-state index in [1.807, 2.05) is 0 Å². The number of carbonyl (C=O) groups is 2. The third-order valence-electron chi connectivity index (χ3n) is 1.97. The van der Waals surface area contributed by atoms with E-state index in [-0.39, 0.29) is 6.03 Å². The number of carboxylic acids is 1. The number of carboxylic acid groups (broad SMARTS) is 1. The Kier molecular flexibility index (Phi) is 4.69. The van der Waals surface area contributed by atoms with Gasteiger partial charge in [0.05, 0.1) is 0 Å². The monoisotopic (exact) mass is 200 g/mol. The third kappa shape index (κ3) is 3.08. The molecule has 80 valence electrons. The lowest BCUT2D eigenvalue weighted by atomic mass is 10.3. The van der Waals surface area contributed by atoms with Crippen molar-refractivity contribution in [2.24, 2.45) is 0 Å². The number of rotatable bonds is 4. The maximum absolute atomic E-state index is 11.5. The van der Waals surface area contributed by atoms with E-state index in [0.29, 0.717) is 6.54 Å². The molecule has 0 aliphatic heterocycles. The van der Waals surface area contributed by atoms with Crippen molar-refractivity contribution < 1.29 is 14.7 Å². The van der Waals surface area contributed by atoms with E-state index in [4.69, 9.17) is 5.11 Å². The average molecular weight is 200 g/mol. The highest BCUT2D eigenvalue weighted by molar-refractivity contribution is 5.82. The van der Waals surface area contributed by atoms with E-state index < -0.39 is 12.0 Å². The van der Waals surface area contributed by atoms with Gasteiger partial charge >= 0.3 is 12.0 Å². The van der Waals surface area contributed by atoms with Crippen LogP contribution in [0.3, 0.4) is 0 Å². The minimum atomic E-state index is -1.02. The highest BCUT2D eigenvalue weighted by atomic mass is 16.4. The Bertz CT molecular complexity index is 240. The van der Waals surface area contributed by atoms with Crippen LogP contribution in [0.5, 0.6) is 0 Å².